The van der Waals surface area contributed by atoms with Crippen LogP contribution in [0.5, 0.6) is 0 Å². The molecule has 2 aliphatic rings. The standard InChI is InChI=1S/C13H18N4O2.C2H2.CH4S/c1-9-5-13(9)8-17(4-3-16-13)11-7-14-10(6-15-11)12(18)19-2;2*1-2/h6-7,9,16H,3-5,8H2,1-2H3;1-2H;2H,1H3. The van der Waals surface area contributed by atoms with Crippen LogP contribution in [0, 0.1) is 18.8 Å². The highest BCUT2D eigenvalue weighted by molar-refractivity contribution is 7.79. The second kappa shape index (κ2) is 8.75. The van der Waals surface area contributed by atoms with Crippen molar-refractivity contribution >= 4 is 24.4 Å². The van der Waals surface area contributed by atoms with E-state index in [1.807, 2.05) is 0 Å². The number of ether oxygens (including phenoxy) is 1. The summed E-state index contributed by atoms with van der Waals surface area (Å²) < 4.78 is 4.61. The Balaban J connectivity index is 0.000000615. The fourth-order valence-electron chi connectivity index (χ4n) is 2.76. The van der Waals surface area contributed by atoms with Gasteiger partial charge in [-0.1, -0.05) is 6.92 Å². The molecule has 23 heavy (non-hydrogen) atoms. The summed E-state index contributed by atoms with van der Waals surface area (Å²) >= 11 is 3.53. The maximum absolute atomic E-state index is 11.3. The number of carbonyl (C=O) groups excluding carboxylic acids is 1. The largest absolute Gasteiger partial charge is 0.464 e. The first kappa shape index (κ1) is 19.3. The number of hydrogen-bond donors (Lipinski definition) is 2. The SMILES string of the molecule is C#C.COC(=O)c1cnc(N2CCNC3(CC3C)C2)cn1.CS. The van der Waals surface area contributed by atoms with Crippen molar-refractivity contribution in [1.82, 2.24) is 15.3 Å². The highest BCUT2D eigenvalue weighted by Gasteiger charge is 2.53. The molecule has 2 fully saturated rings. The summed E-state index contributed by atoms with van der Waals surface area (Å²) in [6.07, 6.45) is 14.0. The van der Waals surface area contributed by atoms with Crippen LogP contribution in [-0.4, -0.2) is 54.5 Å². The fourth-order valence-corrected chi connectivity index (χ4v) is 2.76. The number of rotatable bonds is 2. The Morgan fingerprint density at radius 3 is 2.57 bits per heavy atom. The summed E-state index contributed by atoms with van der Waals surface area (Å²) in [5, 5.41) is 3.59. The van der Waals surface area contributed by atoms with E-state index in [2.05, 4.69) is 57.3 Å². The summed E-state index contributed by atoms with van der Waals surface area (Å²) in [6, 6.07) is 0. The van der Waals surface area contributed by atoms with Crippen LogP contribution >= 0.6 is 12.6 Å². The second-order valence-corrected chi connectivity index (χ2v) is 5.36. The minimum atomic E-state index is -0.452. The zero-order chi connectivity index (χ0) is 17.5. The molecule has 1 N–H and O–H groups in total. The molecule has 1 spiro atoms. The van der Waals surface area contributed by atoms with E-state index >= 15 is 0 Å². The molecule has 1 aromatic rings. The molecule has 6 nitrogen and oxygen atoms in total. The van der Waals surface area contributed by atoms with Gasteiger partial charge in [-0.05, 0) is 18.6 Å². The number of methoxy groups -OCH3 is 1. The van der Waals surface area contributed by atoms with Gasteiger partial charge in [0.2, 0.25) is 0 Å². The average Bonchev–Trinajstić information content (AvgIpc) is 3.25. The average molecular weight is 336 g/mol. The molecule has 1 saturated carbocycles. The maximum atomic E-state index is 11.3. The number of hydrogen-bond acceptors (Lipinski definition) is 7. The van der Waals surface area contributed by atoms with E-state index in [1.165, 1.54) is 19.7 Å². The van der Waals surface area contributed by atoms with Gasteiger partial charge in [0.25, 0.3) is 0 Å². The molecule has 2 unspecified atom stereocenters. The summed E-state index contributed by atoms with van der Waals surface area (Å²) in [4.78, 5) is 22.0. The van der Waals surface area contributed by atoms with E-state index in [1.54, 1.807) is 12.5 Å². The fraction of sp³-hybridized carbons (Fsp3) is 0.562. The number of nitrogens with one attached hydrogen (secondary N) is 1. The normalized spacial score (nSPS) is 24.6. The van der Waals surface area contributed by atoms with Crippen LogP contribution in [0.15, 0.2) is 12.4 Å². The van der Waals surface area contributed by atoms with Crippen LogP contribution in [0.3, 0.4) is 0 Å². The van der Waals surface area contributed by atoms with Crippen LogP contribution in [0.2, 0.25) is 0 Å². The van der Waals surface area contributed by atoms with Gasteiger partial charge in [0, 0.05) is 25.2 Å². The summed E-state index contributed by atoms with van der Waals surface area (Å²) in [6.45, 7) is 5.11. The number of thiol groups is 1. The first-order valence-electron chi connectivity index (χ1n) is 7.33. The Bertz CT molecular complexity index is 535. The number of nitrogens with zero attached hydrogens (tertiary/aromatic N) is 3. The van der Waals surface area contributed by atoms with Gasteiger partial charge >= 0.3 is 5.97 Å². The van der Waals surface area contributed by atoms with Crippen molar-refractivity contribution < 1.29 is 9.53 Å². The molecule has 0 bridgehead atoms. The number of carbonyl (C=O) groups is 1. The van der Waals surface area contributed by atoms with Crippen LogP contribution in [0.25, 0.3) is 0 Å². The van der Waals surface area contributed by atoms with E-state index in [-0.39, 0.29) is 11.2 Å². The molecule has 1 saturated heterocycles. The molecule has 1 aliphatic carbocycles. The molecule has 0 amide bonds. The zero-order valence-electron chi connectivity index (χ0n) is 13.8. The highest BCUT2D eigenvalue weighted by Crippen LogP contribution is 2.44. The predicted molar refractivity (Wildman–Crippen MR) is 94.9 cm³/mol. The van der Waals surface area contributed by atoms with E-state index < -0.39 is 5.97 Å². The van der Waals surface area contributed by atoms with E-state index in [0.717, 1.165) is 31.4 Å². The zero-order valence-corrected chi connectivity index (χ0v) is 14.7. The van der Waals surface area contributed by atoms with Crippen LogP contribution in [0.4, 0.5) is 5.82 Å². The van der Waals surface area contributed by atoms with Crippen LogP contribution in [0.1, 0.15) is 23.8 Å². The van der Waals surface area contributed by atoms with Gasteiger partial charge in [0.1, 0.15) is 5.82 Å². The lowest BCUT2D eigenvalue weighted by molar-refractivity contribution is 0.0593. The molecule has 7 heteroatoms. The van der Waals surface area contributed by atoms with Crippen molar-refractivity contribution in [3.63, 3.8) is 0 Å². The quantitative estimate of drug-likeness (QED) is 0.481. The Kier molecular flexibility index (Phi) is 7.33. The van der Waals surface area contributed by atoms with E-state index in [0.29, 0.717) is 0 Å². The summed E-state index contributed by atoms with van der Waals surface area (Å²) in [7, 11) is 1.34. The lowest BCUT2D eigenvalue weighted by Crippen LogP contribution is -2.53. The van der Waals surface area contributed by atoms with Crippen molar-refractivity contribution in [2.24, 2.45) is 5.92 Å². The third-order valence-corrected chi connectivity index (χ3v) is 4.14. The van der Waals surface area contributed by atoms with Gasteiger partial charge in [-0.15, -0.1) is 12.8 Å². The molecule has 0 radical (unpaired) electrons. The second-order valence-electron chi connectivity index (χ2n) is 5.36. The molecule has 3 rings (SSSR count). The van der Waals surface area contributed by atoms with Gasteiger partial charge in [-0.25, -0.2) is 14.8 Å². The van der Waals surface area contributed by atoms with Crippen LogP contribution in [-0.2, 0) is 4.74 Å². The molecule has 1 aliphatic heterocycles. The Hall–Kier alpha value is -1.78. The number of terminal acetylenes is 1. The third kappa shape index (κ3) is 4.36. The number of piperazine rings is 1. The van der Waals surface area contributed by atoms with Crippen molar-refractivity contribution in [2.45, 2.75) is 18.9 Å². The minimum absolute atomic E-state index is 0.246. The minimum Gasteiger partial charge on any atom is -0.464 e. The first-order chi connectivity index (χ1) is 11.1. The molecule has 126 valence electrons. The van der Waals surface area contributed by atoms with Crippen molar-refractivity contribution in [1.29, 1.82) is 0 Å². The first-order valence-corrected chi connectivity index (χ1v) is 8.22. The van der Waals surface area contributed by atoms with E-state index in [9.17, 15) is 4.79 Å². The molecule has 0 aromatic carbocycles. The van der Waals surface area contributed by atoms with Gasteiger partial charge in [0.15, 0.2) is 5.69 Å². The highest BCUT2D eigenvalue weighted by atomic mass is 32.1. The Morgan fingerprint density at radius 1 is 1.43 bits per heavy atom. The molecular weight excluding hydrogens is 312 g/mol. The summed E-state index contributed by atoms with van der Waals surface area (Å²) in [5.41, 5.74) is 0.511. The lowest BCUT2D eigenvalue weighted by Gasteiger charge is -2.35. The number of esters is 1. The number of aromatic nitrogens is 2. The van der Waals surface area contributed by atoms with Gasteiger partial charge in [-0.2, -0.15) is 12.6 Å². The molecular formula is C16H24N4O2S. The monoisotopic (exact) mass is 336 g/mol. The number of anilines is 1. The predicted octanol–water partition coefficient (Wildman–Crippen LogP) is 1.25. The van der Waals surface area contributed by atoms with E-state index in [4.69, 9.17) is 0 Å². The third-order valence-electron chi connectivity index (χ3n) is 4.14. The van der Waals surface area contributed by atoms with Gasteiger partial charge in [-0.3, -0.25) is 0 Å². The Labute approximate surface area is 143 Å². The van der Waals surface area contributed by atoms with Crippen molar-refractivity contribution in [2.75, 3.05) is 37.9 Å². The van der Waals surface area contributed by atoms with Gasteiger partial charge < -0.3 is 15.0 Å². The molecule has 2 atom stereocenters. The smallest absolute Gasteiger partial charge is 0.358 e. The van der Waals surface area contributed by atoms with Crippen LogP contribution < -0.4 is 10.2 Å². The topological polar surface area (TPSA) is 67.3 Å². The summed E-state index contributed by atoms with van der Waals surface area (Å²) in [5.74, 6) is 1.09. The molecule has 2 heterocycles. The Morgan fingerprint density at radius 2 is 2.09 bits per heavy atom. The maximum Gasteiger partial charge on any atom is 0.358 e. The van der Waals surface area contributed by atoms with Gasteiger partial charge in [0.05, 0.1) is 19.5 Å². The molecule has 1 aromatic heterocycles. The van der Waals surface area contributed by atoms with Crippen molar-refractivity contribution in [3.05, 3.63) is 18.1 Å². The lowest BCUT2D eigenvalue weighted by atomic mass is 10.1. The van der Waals surface area contributed by atoms with Crippen molar-refractivity contribution in [3.8, 4) is 12.8 Å².